The largest absolute Gasteiger partial charge is 2.00 e. The summed E-state index contributed by atoms with van der Waals surface area (Å²) in [7, 11) is 0. The van der Waals surface area contributed by atoms with Crippen molar-refractivity contribution in [3.8, 4) is 0 Å². The molecule has 1 atom stereocenters. The van der Waals surface area contributed by atoms with Crippen LogP contribution in [0.2, 0.25) is 0 Å². The molecule has 0 fully saturated rings. The first kappa shape index (κ1) is 19.6. The van der Waals surface area contributed by atoms with Gasteiger partial charge in [0.25, 0.3) is 0 Å². The Morgan fingerprint density at radius 3 is 2.22 bits per heavy atom. The minimum Gasteiger partial charge on any atom is -0.741 e. The van der Waals surface area contributed by atoms with Gasteiger partial charge >= 0.3 is 19.5 Å². The summed E-state index contributed by atoms with van der Waals surface area (Å²) in [6, 6.07) is 0. The SMILES string of the molecule is CCOC(C)C(/C=N/N=C(/N)[S-])=N/N=C(/N)[S-].[Zn+2]. The average Bonchev–Trinajstić information content (AvgIpc) is 2.22. The molecule has 10 heteroatoms. The maximum absolute atomic E-state index is 5.32. The maximum atomic E-state index is 5.32. The fraction of sp³-hybridized carbons (Fsp3) is 0.500. The van der Waals surface area contributed by atoms with Gasteiger partial charge in [0.15, 0.2) is 0 Å². The summed E-state index contributed by atoms with van der Waals surface area (Å²) in [6.45, 7) is 4.16. The van der Waals surface area contributed by atoms with Gasteiger partial charge in [0.1, 0.15) is 11.8 Å². The number of hydrogen-bond donors (Lipinski definition) is 2. The van der Waals surface area contributed by atoms with Crippen LogP contribution in [0.1, 0.15) is 13.8 Å². The van der Waals surface area contributed by atoms with Crippen molar-refractivity contribution in [1.29, 1.82) is 0 Å². The Kier molecular flexibility index (Phi) is 12.4. The molecule has 0 heterocycles. The topological polar surface area (TPSA) is 111 Å². The fourth-order valence-corrected chi connectivity index (χ4v) is 0.887. The quantitative estimate of drug-likeness (QED) is 0.222. The van der Waals surface area contributed by atoms with Gasteiger partial charge in [-0.2, -0.15) is 20.4 Å². The smallest absolute Gasteiger partial charge is 0.741 e. The molecule has 0 rings (SSSR count). The van der Waals surface area contributed by atoms with Gasteiger partial charge in [0.2, 0.25) is 0 Å². The van der Waals surface area contributed by atoms with E-state index in [4.69, 9.17) is 16.2 Å². The van der Waals surface area contributed by atoms with E-state index in [2.05, 4.69) is 45.7 Å². The summed E-state index contributed by atoms with van der Waals surface area (Å²) in [5, 5.41) is 14.3. The Morgan fingerprint density at radius 2 is 1.78 bits per heavy atom. The molecule has 0 saturated heterocycles. The van der Waals surface area contributed by atoms with Crippen LogP contribution in [0.25, 0.3) is 0 Å². The van der Waals surface area contributed by atoms with Crippen molar-refractivity contribution in [2.24, 2.45) is 31.9 Å². The first-order chi connectivity index (χ1) is 7.97. The molecule has 0 amide bonds. The molecule has 0 aliphatic carbocycles. The Balaban J connectivity index is 0. The molecule has 0 aliphatic heterocycles. The zero-order valence-electron chi connectivity index (χ0n) is 10.2. The second-order valence-electron chi connectivity index (χ2n) is 2.74. The number of rotatable bonds is 6. The average molecular weight is 340 g/mol. The third-order valence-electron chi connectivity index (χ3n) is 1.44. The molecule has 0 aromatic heterocycles. The van der Waals surface area contributed by atoms with Crippen LogP contribution >= 0.6 is 0 Å². The summed E-state index contributed by atoms with van der Waals surface area (Å²) in [6.07, 6.45) is 1.02. The van der Waals surface area contributed by atoms with Crippen molar-refractivity contribution < 1.29 is 24.2 Å². The first-order valence-corrected chi connectivity index (χ1v) is 5.52. The van der Waals surface area contributed by atoms with E-state index >= 15 is 0 Å². The van der Waals surface area contributed by atoms with Crippen LogP contribution in [0, 0.1) is 0 Å². The van der Waals surface area contributed by atoms with Crippen molar-refractivity contribution in [3.63, 3.8) is 0 Å². The Hall–Kier alpha value is -0.697. The molecule has 18 heavy (non-hydrogen) atoms. The second kappa shape index (κ2) is 11.4. The molecule has 0 aromatic carbocycles. The number of hydrogen-bond acceptors (Lipinski definition) is 7. The monoisotopic (exact) mass is 338 g/mol. The van der Waals surface area contributed by atoms with Gasteiger partial charge in [0, 0.05) is 6.61 Å². The van der Waals surface area contributed by atoms with Crippen molar-refractivity contribution in [1.82, 2.24) is 0 Å². The molecule has 0 bridgehead atoms. The summed E-state index contributed by atoms with van der Waals surface area (Å²) >= 11 is 9.11. The molecule has 4 N–H and O–H groups in total. The normalized spacial score (nSPS) is 15.6. The van der Waals surface area contributed by atoms with Crippen LogP contribution in [0.15, 0.2) is 20.4 Å². The van der Waals surface area contributed by atoms with E-state index in [-0.39, 0.29) is 35.9 Å². The predicted molar refractivity (Wildman–Crippen MR) is 75.0 cm³/mol. The van der Waals surface area contributed by atoms with Crippen molar-refractivity contribution in [2.45, 2.75) is 20.0 Å². The molecule has 0 aromatic rings. The summed E-state index contributed by atoms with van der Waals surface area (Å²) in [4.78, 5) is 0. The number of nitrogens with two attached hydrogens (primary N) is 2. The minimum absolute atomic E-state index is 0. The van der Waals surface area contributed by atoms with Gasteiger partial charge in [-0.3, -0.25) is 0 Å². The molecule has 0 spiro atoms. The summed E-state index contributed by atoms with van der Waals surface area (Å²) in [5.74, 6) is 0. The van der Waals surface area contributed by atoms with Crippen LogP contribution in [0.4, 0.5) is 0 Å². The van der Waals surface area contributed by atoms with E-state index in [0.29, 0.717) is 12.3 Å². The van der Waals surface area contributed by atoms with E-state index < -0.39 is 0 Å². The van der Waals surface area contributed by atoms with Crippen molar-refractivity contribution in [3.05, 3.63) is 0 Å². The zero-order valence-corrected chi connectivity index (χ0v) is 14.8. The van der Waals surface area contributed by atoms with Crippen molar-refractivity contribution >= 4 is 47.5 Å². The van der Waals surface area contributed by atoms with E-state index in [1.54, 1.807) is 6.92 Å². The molecule has 0 radical (unpaired) electrons. The van der Waals surface area contributed by atoms with E-state index in [1.165, 1.54) is 6.21 Å². The van der Waals surface area contributed by atoms with Crippen LogP contribution < -0.4 is 11.5 Å². The van der Waals surface area contributed by atoms with Gasteiger partial charge < -0.3 is 41.5 Å². The van der Waals surface area contributed by atoms with E-state index in [0.717, 1.165) is 0 Å². The molecule has 0 aliphatic rings. The Bertz CT molecular complexity index is 349. The molecular weight excluding hydrogens is 326 g/mol. The zero-order chi connectivity index (χ0) is 13.3. The fourth-order valence-electron chi connectivity index (χ4n) is 0.799. The number of nitrogens with zero attached hydrogens (tertiary/aromatic N) is 4. The van der Waals surface area contributed by atoms with E-state index in [9.17, 15) is 0 Å². The summed E-state index contributed by atoms with van der Waals surface area (Å²) < 4.78 is 5.32. The molecular formula is C8H14N6OS2Zn. The van der Waals surface area contributed by atoms with Gasteiger partial charge in [-0.25, -0.2) is 0 Å². The van der Waals surface area contributed by atoms with Crippen molar-refractivity contribution in [2.75, 3.05) is 6.61 Å². The Labute approximate surface area is 130 Å². The summed E-state index contributed by atoms with van der Waals surface area (Å²) in [5.41, 5.74) is 10.8. The van der Waals surface area contributed by atoms with E-state index in [1.807, 2.05) is 6.92 Å². The minimum atomic E-state index is -0.316. The van der Waals surface area contributed by atoms with Crippen LogP contribution in [0.5, 0.6) is 0 Å². The van der Waals surface area contributed by atoms with Crippen LogP contribution in [-0.2, 0) is 49.5 Å². The van der Waals surface area contributed by atoms with Gasteiger partial charge in [-0.05, 0) is 24.2 Å². The van der Waals surface area contributed by atoms with Gasteiger partial charge in [-0.15, -0.1) is 0 Å². The third kappa shape index (κ3) is 10.5. The maximum Gasteiger partial charge on any atom is 2.00 e. The van der Waals surface area contributed by atoms with Crippen LogP contribution in [-0.4, -0.2) is 35.0 Å². The van der Waals surface area contributed by atoms with Crippen LogP contribution in [0.3, 0.4) is 0 Å². The number of ether oxygens (including phenoxy) is 1. The standard InChI is InChI=1S/C8H16N6OS2.Zn/c1-3-15-5(2)6(12-14-8(10)17)4-11-13-7(9)16;/h4-5H,3H2,1-2H3,(H3,9,13,16)(H3,10,14,17);/q;+2/p-2/b11-4+,12-6+;. The molecule has 1 unspecified atom stereocenters. The first-order valence-electron chi connectivity index (χ1n) is 4.70. The van der Waals surface area contributed by atoms with Gasteiger partial charge in [-0.1, -0.05) is 0 Å². The molecule has 96 valence electrons. The molecule has 7 nitrogen and oxygen atoms in total. The predicted octanol–water partition coefficient (Wildman–Crippen LogP) is -0.526. The number of amidine groups is 2. The molecule has 0 saturated carbocycles. The third-order valence-corrected chi connectivity index (χ3v) is 1.61. The second-order valence-corrected chi connectivity index (χ2v) is 3.58. The van der Waals surface area contributed by atoms with Gasteiger partial charge in [0.05, 0.1) is 6.21 Å². The Morgan fingerprint density at radius 1 is 1.22 bits per heavy atom.